The second-order valence-corrected chi connectivity index (χ2v) is 10.4. The Labute approximate surface area is 168 Å². The first-order chi connectivity index (χ1) is 13.1. The van der Waals surface area contributed by atoms with Gasteiger partial charge in [0, 0.05) is 5.69 Å². The molecule has 0 radical (unpaired) electrons. The standard InChI is InChI=1S/C21H31N3O3S/c1-15-10-16(2)12-20(11-15)27-8-7-23(5)13-21-17(3)22-24(18(21)4)19-6-9-28(25,26)14-19/h10-12,19H,6-9,13-14H2,1-5H3/p+1/t19-/m0/s1. The van der Waals surface area contributed by atoms with Crippen molar-refractivity contribution in [2.75, 3.05) is 31.7 Å². The number of hydrogen-bond acceptors (Lipinski definition) is 4. The molecular formula is C21H32N3O3S+. The summed E-state index contributed by atoms with van der Waals surface area (Å²) in [6, 6.07) is 6.25. The maximum Gasteiger partial charge on any atom is 0.152 e. The molecule has 1 unspecified atom stereocenters. The fourth-order valence-electron chi connectivity index (χ4n) is 4.03. The van der Waals surface area contributed by atoms with E-state index in [0.29, 0.717) is 13.0 Å². The van der Waals surface area contributed by atoms with Crippen molar-refractivity contribution in [1.29, 1.82) is 0 Å². The first kappa shape index (κ1) is 20.9. The average Bonchev–Trinajstić information content (AvgIpc) is 3.07. The van der Waals surface area contributed by atoms with Crippen molar-refractivity contribution in [3.05, 3.63) is 46.3 Å². The van der Waals surface area contributed by atoms with Gasteiger partial charge in [0.1, 0.15) is 25.4 Å². The molecule has 1 N–H and O–H groups in total. The van der Waals surface area contributed by atoms with Crippen molar-refractivity contribution in [1.82, 2.24) is 9.78 Å². The van der Waals surface area contributed by atoms with Gasteiger partial charge in [-0.3, -0.25) is 4.68 Å². The summed E-state index contributed by atoms with van der Waals surface area (Å²) in [5.41, 5.74) is 5.73. The van der Waals surface area contributed by atoms with Gasteiger partial charge in [0.25, 0.3) is 0 Å². The molecular weight excluding hydrogens is 374 g/mol. The molecule has 3 rings (SSSR count). The molecule has 0 bridgehead atoms. The van der Waals surface area contributed by atoms with E-state index in [0.717, 1.165) is 30.2 Å². The first-order valence-corrected chi connectivity index (χ1v) is 11.7. The summed E-state index contributed by atoms with van der Waals surface area (Å²) < 4.78 is 31.5. The Hall–Kier alpha value is -1.86. The van der Waals surface area contributed by atoms with E-state index in [9.17, 15) is 8.42 Å². The largest absolute Gasteiger partial charge is 0.488 e. The van der Waals surface area contributed by atoms with Crippen molar-refractivity contribution in [2.24, 2.45) is 0 Å². The minimum atomic E-state index is -2.91. The van der Waals surface area contributed by atoms with Crippen LogP contribution in [0.2, 0.25) is 0 Å². The molecule has 2 heterocycles. The Balaban J connectivity index is 1.59. The number of nitrogens with zero attached hydrogens (tertiary/aromatic N) is 2. The van der Waals surface area contributed by atoms with Crippen LogP contribution in [0, 0.1) is 27.7 Å². The zero-order valence-corrected chi connectivity index (χ0v) is 18.4. The predicted molar refractivity (Wildman–Crippen MR) is 111 cm³/mol. The van der Waals surface area contributed by atoms with E-state index in [1.54, 1.807) is 0 Å². The lowest BCUT2D eigenvalue weighted by atomic mass is 10.1. The van der Waals surface area contributed by atoms with E-state index in [4.69, 9.17) is 4.74 Å². The molecule has 1 aliphatic heterocycles. The SMILES string of the molecule is Cc1cc(C)cc(OCC[NH+](C)Cc2c(C)nn([C@H]3CCS(=O)(=O)C3)c2C)c1. The van der Waals surface area contributed by atoms with Gasteiger partial charge in [0.05, 0.1) is 35.9 Å². The van der Waals surface area contributed by atoms with Crippen LogP contribution in [0.3, 0.4) is 0 Å². The quantitative estimate of drug-likeness (QED) is 0.758. The van der Waals surface area contributed by atoms with E-state index < -0.39 is 9.84 Å². The number of benzene rings is 1. The number of likely N-dealkylation sites (N-methyl/N-ethyl adjacent to an activating group) is 1. The third kappa shape index (κ3) is 4.94. The summed E-state index contributed by atoms with van der Waals surface area (Å²) in [6.07, 6.45) is 0.663. The van der Waals surface area contributed by atoms with Gasteiger partial charge in [-0.05, 0) is 57.4 Å². The zero-order valence-electron chi connectivity index (χ0n) is 17.6. The van der Waals surface area contributed by atoms with Gasteiger partial charge in [-0.2, -0.15) is 5.10 Å². The normalized spacial score (nSPS) is 19.7. The lowest BCUT2D eigenvalue weighted by Gasteiger charge is -2.16. The molecule has 0 amide bonds. The lowest BCUT2D eigenvalue weighted by molar-refractivity contribution is -0.893. The number of quaternary nitrogens is 1. The smallest absolute Gasteiger partial charge is 0.152 e. The Bertz CT molecular complexity index is 930. The number of aromatic nitrogens is 2. The Kier molecular flexibility index (Phi) is 6.15. The van der Waals surface area contributed by atoms with Crippen LogP contribution >= 0.6 is 0 Å². The van der Waals surface area contributed by atoms with Crippen LogP contribution in [0.1, 0.15) is 40.5 Å². The van der Waals surface area contributed by atoms with Crippen LogP contribution in [0.4, 0.5) is 0 Å². The van der Waals surface area contributed by atoms with Gasteiger partial charge >= 0.3 is 0 Å². The number of rotatable bonds is 7. The van der Waals surface area contributed by atoms with Crippen LogP contribution in [-0.2, 0) is 16.4 Å². The number of sulfone groups is 1. The van der Waals surface area contributed by atoms with E-state index in [1.807, 2.05) is 11.6 Å². The maximum atomic E-state index is 11.8. The molecule has 6 nitrogen and oxygen atoms in total. The van der Waals surface area contributed by atoms with Crippen molar-refractivity contribution in [3.8, 4) is 5.75 Å². The van der Waals surface area contributed by atoms with Crippen LogP contribution in [0.15, 0.2) is 18.2 Å². The van der Waals surface area contributed by atoms with Crippen molar-refractivity contribution >= 4 is 9.84 Å². The molecule has 1 aromatic carbocycles. The molecule has 0 saturated carbocycles. The monoisotopic (exact) mass is 406 g/mol. The highest BCUT2D eigenvalue weighted by Crippen LogP contribution is 2.26. The Morgan fingerprint density at radius 1 is 1.18 bits per heavy atom. The fraction of sp³-hybridized carbons (Fsp3) is 0.571. The molecule has 7 heteroatoms. The highest BCUT2D eigenvalue weighted by molar-refractivity contribution is 7.91. The molecule has 1 aliphatic rings. The molecule has 1 saturated heterocycles. The van der Waals surface area contributed by atoms with Crippen LogP contribution in [0.5, 0.6) is 5.75 Å². The Morgan fingerprint density at radius 3 is 2.46 bits per heavy atom. The lowest BCUT2D eigenvalue weighted by Crippen LogP contribution is -3.08. The summed E-state index contributed by atoms with van der Waals surface area (Å²) in [7, 11) is -0.760. The van der Waals surface area contributed by atoms with Gasteiger partial charge in [-0.1, -0.05) is 6.07 Å². The number of ether oxygens (including phenoxy) is 1. The highest BCUT2D eigenvalue weighted by atomic mass is 32.2. The second-order valence-electron chi connectivity index (χ2n) is 8.21. The maximum absolute atomic E-state index is 11.8. The minimum absolute atomic E-state index is 0.0225. The number of aryl methyl sites for hydroxylation is 3. The summed E-state index contributed by atoms with van der Waals surface area (Å²) >= 11 is 0. The summed E-state index contributed by atoms with van der Waals surface area (Å²) in [6.45, 7) is 10.6. The van der Waals surface area contributed by atoms with Gasteiger partial charge in [0.2, 0.25) is 0 Å². The van der Waals surface area contributed by atoms with Crippen molar-refractivity contribution in [2.45, 2.75) is 46.7 Å². The predicted octanol–water partition coefficient (Wildman–Crippen LogP) is 1.57. The third-order valence-electron chi connectivity index (χ3n) is 5.50. The summed E-state index contributed by atoms with van der Waals surface area (Å²) in [4.78, 5) is 1.34. The molecule has 1 fully saturated rings. The van der Waals surface area contributed by atoms with Crippen LogP contribution < -0.4 is 9.64 Å². The minimum Gasteiger partial charge on any atom is -0.488 e. The van der Waals surface area contributed by atoms with E-state index in [-0.39, 0.29) is 17.5 Å². The molecule has 2 aromatic rings. The Morgan fingerprint density at radius 2 is 1.86 bits per heavy atom. The highest BCUT2D eigenvalue weighted by Gasteiger charge is 2.31. The van der Waals surface area contributed by atoms with Crippen molar-refractivity contribution < 1.29 is 18.1 Å². The van der Waals surface area contributed by atoms with Crippen LogP contribution in [-0.4, -0.2) is 49.9 Å². The molecule has 2 atom stereocenters. The van der Waals surface area contributed by atoms with Crippen molar-refractivity contribution in [3.63, 3.8) is 0 Å². The molecule has 0 spiro atoms. The second kappa shape index (κ2) is 8.25. The summed E-state index contributed by atoms with van der Waals surface area (Å²) in [5, 5.41) is 4.67. The van der Waals surface area contributed by atoms with Gasteiger partial charge < -0.3 is 9.64 Å². The molecule has 1 aromatic heterocycles. The zero-order chi connectivity index (χ0) is 20.5. The summed E-state index contributed by atoms with van der Waals surface area (Å²) in [5.74, 6) is 1.40. The molecule has 28 heavy (non-hydrogen) atoms. The van der Waals surface area contributed by atoms with E-state index in [2.05, 4.69) is 51.1 Å². The first-order valence-electron chi connectivity index (χ1n) is 9.92. The molecule has 154 valence electrons. The fourth-order valence-corrected chi connectivity index (χ4v) is 5.72. The van der Waals surface area contributed by atoms with Crippen LogP contribution in [0.25, 0.3) is 0 Å². The number of nitrogens with one attached hydrogen (secondary N) is 1. The molecule has 0 aliphatic carbocycles. The van der Waals surface area contributed by atoms with Gasteiger partial charge in [0.15, 0.2) is 9.84 Å². The van der Waals surface area contributed by atoms with E-state index in [1.165, 1.54) is 21.6 Å². The van der Waals surface area contributed by atoms with E-state index >= 15 is 0 Å². The number of hydrogen-bond donors (Lipinski definition) is 1. The topological polar surface area (TPSA) is 65.6 Å². The van der Waals surface area contributed by atoms with Gasteiger partial charge in [-0.25, -0.2) is 8.42 Å². The van der Waals surface area contributed by atoms with Gasteiger partial charge in [-0.15, -0.1) is 0 Å². The average molecular weight is 407 g/mol. The third-order valence-corrected chi connectivity index (χ3v) is 7.25.